The monoisotopic (exact) mass is 695 g/mol. The number of ether oxygens (including phenoxy) is 1. The number of amides is 1. The van der Waals surface area contributed by atoms with Crippen molar-refractivity contribution in [3.63, 3.8) is 0 Å². The van der Waals surface area contributed by atoms with Gasteiger partial charge in [0.1, 0.15) is 6.16 Å². The molecule has 1 aliphatic carbocycles. The molecule has 0 aromatic heterocycles. The first-order valence-electron chi connectivity index (χ1n) is 14.6. The van der Waals surface area contributed by atoms with E-state index in [1.54, 1.807) is 20.8 Å². The van der Waals surface area contributed by atoms with Crippen LogP contribution >= 0.6 is 7.37 Å². The number of rotatable bonds is 14. The van der Waals surface area contributed by atoms with Gasteiger partial charge in [-0.05, 0) is 43.1 Å². The molecule has 218 valence electrons. The minimum absolute atomic E-state index is 0. The fourth-order valence-electron chi connectivity index (χ4n) is 5.79. The van der Waals surface area contributed by atoms with Crippen LogP contribution in [0, 0.1) is 17.8 Å². The number of nitrogens with zero attached hydrogens (tertiary/aromatic N) is 1. The van der Waals surface area contributed by atoms with Crippen molar-refractivity contribution in [1.29, 1.82) is 0 Å². The Kier molecular flexibility index (Phi) is 16.1. The molecule has 4 atom stereocenters. The number of carboxylic acid groups (broad SMARTS) is 1. The fraction of sp³-hybridized carbons (Fsp3) is 0.700. The zero-order chi connectivity index (χ0) is 28.4. The summed E-state index contributed by atoms with van der Waals surface area (Å²) in [5.41, 5.74) is 1.17. The van der Waals surface area contributed by atoms with E-state index in [4.69, 9.17) is 9.26 Å². The Morgan fingerprint density at radius 2 is 1.73 bits per heavy atom. The Hall–Kier alpha value is -0.128. The molecule has 0 bridgehead atoms. The van der Waals surface area contributed by atoms with Crippen molar-refractivity contribution in [3.8, 4) is 0 Å². The first-order valence-corrected chi connectivity index (χ1v) is 16.6. The van der Waals surface area contributed by atoms with Crippen molar-refractivity contribution in [3.05, 3.63) is 35.9 Å². The summed E-state index contributed by atoms with van der Waals surface area (Å²) in [5.74, 6) is -1.99. The van der Waals surface area contributed by atoms with Gasteiger partial charge in [0.15, 0.2) is 0 Å². The van der Waals surface area contributed by atoms with Crippen LogP contribution in [0.5, 0.6) is 0 Å². The summed E-state index contributed by atoms with van der Waals surface area (Å²) in [4.78, 5) is 39.0. The third-order valence-electron chi connectivity index (χ3n) is 8.05. The second kappa shape index (κ2) is 17.9. The minimum Gasteiger partial charge on any atom is -0.548 e. The molecule has 1 saturated carbocycles. The molecule has 3 rings (SSSR count). The van der Waals surface area contributed by atoms with Crippen LogP contribution in [0.3, 0.4) is 0 Å². The number of hydrogen-bond donors (Lipinski definition) is 0. The number of carbonyl (C=O) groups excluding carboxylic acids is 3. The molecule has 1 amide bonds. The van der Waals surface area contributed by atoms with Crippen LogP contribution in [0.25, 0.3) is 0 Å². The Morgan fingerprint density at radius 1 is 1.05 bits per heavy atom. The average Bonchev–Trinajstić information content (AvgIpc) is 3.38. The zero-order valence-corrected chi connectivity index (χ0v) is 31.9. The summed E-state index contributed by atoms with van der Waals surface area (Å²) < 4.78 is 25.6. The molecule has 8 nitrogen and oxygen atoms in total. The predicted molar refractivity (Wildman–Crippen MR) is 148 cm³/mol. The fourth-order valence-corrected chi connectivity index (χ4v) is 8.09. The van der Waals surface area contributed by atoms with Crippen molar-refractivity contribution in [1.82, 2.24) is 4.90 Å². The molecule has 1 heterocycles. The largest absolute Gasteiger partial charge is 1.00 e. The summed E-state index contributed by atoms with van der Waals surface area (Å²) in [7, 11) is -3.62. The molecule has 1 saturated heterocycles. The molecule has 40 heavy (non-hydrogen) atoms. The third-order valence-corrected chi connectivity index (χ3v) is 10.4. The van der Waals surface area contributed by atoms with Crippen LogP contribution in [0.2, 0.25) is 0 Å². The smallest absolute Gasteiger partial charge is 0.548 e. The molecule has 2 fully saturated rings. The number of unbranched alkanes of at least 4 members (excludes halogenated alkanes) is 1. The number of aryl methyl sites for hydroxylation is 1. The maximum atomic E-state index is 14.2. The van der Waals surface area contributed by atoms with E-state index in [9.17, 15) is 24.1 Å². The van der Waals surface area contributed by atoms with E-state index in [0.29, 0.717) is 25.3 Å². The van der Waals surface area contributed by atoms with Gasteiger partial charge in [-0.3, -0.25) is 18.7 Å². The second-order valence-corrected chi connectivity index (χ2v) is 14.1. The van der Waals surface area contributed by atoms with Crippen molar-refractivity contribution in [2.45, 2.75) is 97.3 Å². The molecule has 10 heteroatoms. The number of likely N-dealkylation sites (tertiary alicyclic amines) is 1. The Morgan fingerprint density at radius 3 is 2.33 bits per heavy atom. The van der Waals surface area contributed by atoms with Crippen LogP contribution in [0.1, 0.15) is 84.1 Å². The van der Waals surface area contributed by atoms with Gasteiger partial charge in [-0.2, -0.15) is 0 Å². The van der Waals surface area contributed by atoms with Crippen LogP contribution < -0.4 is 74.0 Å². The van der Waals surface area contributed by atoms with Gasteiger partial charge in [-0.15, -0.1) is 0 Å². The standard InChI is InChI=1S/C30H46NO7P.Cs/c1-4-28(33)37-30(22(2)3)38-39(36,18-12-11-15-23-13-7-5-8-14-23)21-27(32)31-20-25(19-26(31)29(34)35)24-16-9-6-10-17-24;/h5,7-8,13-14,22,24-26,30H,4,6,9-12,15-21H2,1-3H3,(H,34,35);/q;+1/p-1. The van der Waals surface area contributed by atoms with Gasteiger partial charge in [0.05, 0.1) is 12.0 Å². The van der Waals surface area contributed by atoms with Crippen LogP contribution in [0.4, 0.5) is 0 Å². The average molecular weight is 696 g/mol. The summed E-state index contributed by atoms with van der Waals surface area (Å²) in [6.07, 6.45) is 6.88. The van der Waals surface area contributed by atoms with E-state index in [1.807, 2.05) is 30.3 Å². The third kappa shape index (κ3) is 11.2. The topological polar surface area (TPSA) is 113 Å². The zero-order valence-electron chi connectivity index (χ0n) is 24.7. The predicted octanol–water partition coefficient (Wildman–Crippen LogP) is 1.79. The van der Waals surface area contributed by atoms with E-state index in [-0.39, 0.29) is 93.3 Å². The normalized spacial score (nSPS) is 21.9. The molecule has 0 radical (unpaired) electrons. The van der Waals surface area contributed by atoms with Crippen LogP contribution in [-0.4, -0.2) is 53.9 Å². The number of carbonyl (C=O) groups is 3. The first kappa shape index (κ1) is 36.1. The van der Waals surface area contributed by atoms with Gasteiger partial charge in [-0.25, -0.2) is 0 Å². The van der Waals surface area contributed by atoms with E-state index < -0.39 is 43.7 Å². The van der Waals surface area contributed by atoms with E-state index in [1.165, 1.54) is 16.9 Å². The van der Waals surface area contributed by atoms with Crippen LogP contribution in [0.15, 0.2) is 30.3 Å². The molecular weight excluding hydrogens is 650 g/mol. The number of benzene rings is 1. The maximum absolute atomic E-state index is 14.2. The van der Waals surface area contributed by atoms with Crippen LogP contribution in [-0.2, 0) is 34.6 Å². The maximum Gasteiger partial charge on any atom is 1.00 e. The van der Waals surface area contributed by atoms with Crippen molar-refractivity contribution in [2.75, 3.05) is 18.9 Å². The van der Waals surface area contributed by atoms with Crippen molar-refractivity contribution in [2.24, 2.45) is 17.8 Å². The van der Waals surface area contributed by atoms with Crippen molar-refractivity contribution < 1.29 is 102 Å². The van der Waals surface area contributed by atoms with Gasteiger partial charge in [0, 0.05) is 25.0 Å². The quantitative estimate of drug-likeness (QED) is 0.126. The van der Waals surface area contributed by atoms with Gasteiger partial charge >= 0.3 is 74.9 Å². The molecule has 0 spiro atoms. The molecule has 4 unspecified atom stereocenters. The number of esters is 1. The van der Waals surface area contributed by atoms with E-state index >= 15 is 0 Å². The minimum atomic E-state index is -3.62. The Balaban J connectivity index is 0.00000560. The number of hydrogen-bond acceptors (Lipinski definition) is 7. The number of aliphatic carboxylic acids is 1. The molecule has 1 aromatic rings. The molecule has 0 N–H and O–H groups in total. The molecular formula is C30H45CsNO7P. The summed E-state index contributed by atoms with van der Waals surface area (Å²) in [6.45, 7) is 5.62. The molecule has 1 aliphatic heterocycles. The van der Waals surface area contributed by atoms with E-state index in [2.05, 4.69) is 0 Å². The van der Waals surface area contributed by atoms with Gasteiger partial charge in [0.2, 0.25) is 19.6 Å². The molecule has 2 aliphatic rings. The SMILES string of the molecule is CCC(=O)OC(OP(=O)(CCCCc1ccccc1)CC(=O)N1CC(C2CCCCC2)CC1C(=O)[O-])C(C)C.[Cs+]. The summed E-state index contributed by atoms with van der Waals surface area (Å²) in [6, 6.07) is 8.96. The summed E-state index contributed by atoms with van der Waals surface area (Å²) in [5, 5.41) is 12.0. The van der Waals surface area contributed by atoms with Gasteiger partial charge in [-0.1, -0.05) is 83.2 Å². The van der Waals surface area contributed by atoms with Gasteiger partial charge in [0.25, 0.3) is 0 Å². The Bertz CT molecular complexity index is 999. The number of carboxylic acids is 1. The Labute approximate surface area is 298 Å². The van der Waals surface area contributed by atoms with Crippen molar-refractivity contribution >= 4 is 25.2 Å². The van der Waals surface area contributed by atoms with E-state index in [0.717, 1.165) is 38.5 Å². The first-order chi connectivity index (χ1) is 18.6. The summed E-state index contributed by atoms with van der Waals surface area (Å²) >= 11 is 0. The second-order valence-electron chi connectivity index (χ2n) is 11.5. The molecule has 1 aromatic carbocycles. The van der Waals surface area contributed by atoms with Gasteiger partial charge < -0.3 is 19.5 Å².